The van der Waals surface area contributed by atoms with Crippen molar-refractivity contribution >= 4 is 16.9 Å². The van der Waals surface area contributed by atoms with Crippen molar-refractivity contribution in [1.29, 1.82) is 0 Å². The number of aromatic nitrogens is 2. The predicted octanol–water partition coefficient (Wildman–Crippen LogP) is 2.26. The van der Waals surface area contributed by atoms with Crippen LogP contribution in [-0.4, -0.2) is 23.1 Å². The molecule has 4 nitrogen and oxygen atoms in total. The third kappa shape index (κ3) is 2.26. The number of halogens is 1. The van der Waals surface area contributed by atoms with Gasteiger partial charge in [0.25, 0.3) is 0 Å². The highest BCUT2D eigenvalue weighted by Crippen LogP contribution is 2.16. The highest BCUT2D eigenvalue weighted by molar-refractivity contribution is 5.78. The number of fused-ring (bicyclic) bond motifs is 1. The topological polar surface area (TPSA) is 41.1 Å². The van der Waals surface area contributed by atoms with E-state index in [0.29, 0.717) is 5.95 Å². The van der Waals surface area contributed by atoms with Crippen LogP contribution in [0.4, 0.5) is 10.3 Å². The molecule has 0 spiro atoms. The van der Waals surface area contributed by atoms with Gasteiger partial charge in [0, 0.05) is 24.7 Å². The molecule has 0 bridgehead atoms. The van der Waals surface area contributed by atoms with E-state index in [1.165, 1.54) is 25.0 Å². The van der Waals surface area contributed by atoms with E-state index in [4.69, 9.17) is 0 Å². The maximum absolute atomic E-state index is 13.1. The summed E-state index contributed by atoms with van der Waals surface area (Å²) in [7, 11) is 0. The molecule has 18 heavy (non-hydrogen) atoms. The molecular formula is C13H15FN4. The first-order valence-corrected chi connectivity index (χ1v) is 6.26. The minimum Gasteiger partial charge on any atom is -0.276 e. The Bertz CT molecular complexity index is 550. The summed E-state index contributed by atoms with van der Waals surface area (Å²) in [6.45, 7) is 1.86. The van der Waals surface area contributed by atoms with Crippen molar-refractivity contribution in [2.75, 3.05) is 18.1 Å². The molecule has 0 saturated carbocycles. The SMILES string of the molecule is Fc1ccc2nc(N3CCCCCN3)ncc2c1. The fourth-order valence-corrected chi connectivity index (χ4v) is 2.16. The van der Waals surface area contributed by atoms with Crippen LogP contribution >= 0.6 is 0 Å². The maximum atomic E-state index is 13.1. The van der Waals surface area contributed by atoms with Crippen molar-refractivity contribution in [1.82, 2.24) is 15.4 Å². The number of nitrogens with one attached hydrogen (secondary N) is 1. The van der Waals surface area contributed by atoms with Gasteiger partial charge in [0.2, 0.25) is 5.95 Å². The zero-order valence-corrected chi connectivity index (χ0v) is 10.1. The molecule has 0 atom stereocenters. The quantitative estimate of drug-likeness (QED) is 0.838. The average molecular weight is 246 g/mol. The molecule has 2 aromatic rings. The fraction of sp³-hybridized carbons (Fsp3) is 0.385. The van der Waals surface area contributed by atoms with Gasteiger partial charge in [0.05, 0.1) is 5.52 Å². The van der Waals surface area contributed by atoms with Gasteiger partial charge < -0.3 is 0 Å². The molecule has 0 aliphatic carbocycles. The van der Waals surface area contributed by atoms with Crippen LogP contribution in [0.5, 0.6) is 0 Å². The Labute approximate surface area is 105 Å². The molecule has 1 fully saturated rings. The molecule has 94 valence electrons. The van der Waals surface area contributed by atoms with E-state index in [2.05, 4.69) is 15.4 Å². The summed E-state index contributed by atoms with van der Waals surface area (Å²) >= 11 is 0. The Hall–Kier alpha value is -1.75. The van der Waals surface area contributed by atoms with Crippen molar-refractivity contribution in [3.8, 4) is 0 Å². The van der Waals surface area contributed by atoms with Gasteiger partial charge in [0.15, 0.2) is 0 Å². The van der Waals surface area contributed by atoms with Crippen LogP contribution in [0.2, 0.25) is 0 Å². The van der Waals surface area contributed by atoms with E-state index in [9.17, 15) is 4.39 Å². The molecule has 0 radical (unpaired) electrons. The molecule has 1 aliphatic rings. The van der Waals surface area contributed by atoms with Crippen LogP contribution in [0.1, 0.15) is 19.3 Å². The summed E-state index contributed by atoms with van der Waals surface area (Å²) in [5.74, 6) is 0.405. The normalized spacial score (nSPS) is 16.8. The Kier molecular flexibility index (Phi) is 3.06. The number of hydrazine groups is 1. The van der Waals surface area contributed by atoms with E-state index in [-0.39, 0.29) is 5.82 Å². The zero-order valence-electron chi connectivity index (χ0n) is 10.1. The summed E-state index contributed by atoms with van der Waals surface area (Å²) in [6.07, 6.45) is 5.21. The molecule has 1 aromatic heterocycles. The average Bonchev–Trinajstić information content (AvgIpc) is 2.67. The second kappa shape index (κ2) is 4.86. The molecule has 1 aliphatic heterocycles. The smallest absolute Gasteiger partial charge is 0.240 e. The Morgan fingerprint density at radius 3 is 3.11 bits per heavy atom. The predicted molar refractivity (Wildman–Crippen MR) is 68.7 cm³/mol. The third-order valence-electron chi connectivity index (χ3n) is 3.13. The van der Waals surface area contributed by atoms with E-state index >= 15 is 0 Å². The second-order valence-electron chi connectivity index (χ2n) is 4.49. The lowest BCUT2D eigenvalue weighted by Crippen LogP contribution is -2.38. The van der Waals surface area contributed by atoms with Crippen LogP contribution < -0.4 is 10.4 Å². The van der Waals surface area contributed by atoms with E-state index in [1.54, 1.807) is 12.3 Å². The van der Waals surface area contributed by atoms with Crippen molar-refractivity contribution in [2.45, 2.75) is 19.3 Å². The van der Waals surface area contributed by atoms with Crippen LogP contribution in [-0.2, 0) is 0 Å². The van der Waals surface area contributed by atoms with Gasteiger partial charge in [-0.3, -0.25) is 5.01 Å². The van der Waals surface area contributed by atoms with Gasteiger partial charge in [-0.1, -0.05) is 6.42 Å². The van der Waals surface area contributed by atoms with Crippen molar-refractivity contribution in [2.24, 2.45) is 0 Å². The summed E-state index contributed by atoms with van der Waals surface area (Å²) in [5, 5.41) is 2.71. The van der Waals surface area contributed by atoms with Gasteiger partial charge in [-0.05, 0) is 31.0 Å². The minimum atomic E-state index is -0.258. The Balaban J connectivity index is 1.94. The number of hydrogen-bond donors (Lipinski definition) is 1. The van der Waals surface area contributed by atoms with E-state index in [1.807, 2.05) is 5.01 Å². The van der Waals surface area contributed by atoms with Crippen molar-refractivity contribution in [3.63, 3.8) is 0 Å². The first-order valence-electron chi connectivity index (χ1n) is 6.26. The Morgan fingerprint density at radius 1 is 1.22 bits per heavy atom. The van der Waals surface area contributed by atoms with Crippen LogP contribution in [0.25, 0.3) is 10.9 Å². The van der Waals surface area contributed by atoms with Gasteiger partial charge in [-0.2, -0.15) is 0 Å². The molecule has 1 aromatic carbocycles. The zero-order chi connectivity index (χ0) is 12.4. The first kappa shape index (κ1) is 11.3. The molecule has 0 unspecified atom stereocenters. The summed E-state index contributed by atoms with van der Waals surface area (Å²) in [6, 6.07) is 4.57. The molecule has 5 heteroatoms. The second-order valence-corrected chi connectivity index (χ2v) is 4.49. The largest absolute Gasteiger partial charge is 0.276 e. The third-order valence-corrected chi connectivity index (χ3v) is 3.13. The van der Waals surface area contributed by atoms with Crippen LogP contribution in [0.3, 0.4) is 0 Å². The molecule has 0 amide bonds. The fourth-order valence-electron chi connectivity index (χ4n) is 2.16. The van der Waals surface area contributed by atoms with E-state index < -0.39 is 0 Å². The van der Waals surface area contributed by atoms with Gasteiger partial charge >= 0.3 is 0 Å². The number of benzene rings is 1. The molecular weight excluding hydrogens is 231 g/mol. The lowest BCUT2D eigenvalue weighted by molar-refractivity contribution is 0.629. The monoisotopic (exact) mass is 246 g/mol. The first-order chi connectivity index (χ1) is 8.83. The van der Waals surface area contributed by atoms with E-state index in [0.717, 1.165) is 30.4 Å². The Morgan fingerprint density at radius 2 is 2.17 bits per heavy atom. The maximum Gasteiger partial charge on any atom is 0.240 e. The highest BCUT2D eigenvalue weighted by atomic mass is 19.1. The highest BCUT2D eigenvalue weighted by Gasteiger charge is 2.12. The van der Waals surface area contributed by atoms with Gasteiger partial charge in [-0.15, -0.1) is 0 Å². The number of rotatable bonds is 1. The van der Waals surface area contributed by atoms with Gasteiger partial charge in [0.1, 0.15) is 5.82 Å². The van der Waals surface area contributed by atoms with Crippen molar-refractivity contribution < 1.29 is 4.39 Å². The van der Waals surface area contributed by atoms with Crippen molar-refractivity contribution in [3.05, 3.63) is 30.2 Å². The standard InChI is InChI=1S/C13H15FN4/c14-11-4-5-12-10(8-11)9-15-13(17-12)18-7-3-1-2-6-16-18/h4-5,8-9,16H,1-3,6-7H2. The molecule has 1 saturated heterocycles. The van der Waals surface area contributed by atoms with Crippen LogP contribution in [0.15, 0.2) is 24.4 Å². The number of hydrogen-bond acceptors (Lipinski definition) is 4. The molecule has 2 heterocycles. The molecule has 1 N–H and O–H groups in total. The summed E-state index contributed by atoms with van der Waals surface area (Å²) < 4.78 is 13.1. The number of nitrogens with zero attached hydrogens (tertiary/aromatic N) is 3. The molecule has 3 rings (SSSR count). The van der Waals surface area contributed by atoms with Crippen LogP contribution in [0, 0.1) is 5.82 Å². The lowest BCUT2D eigenvalue weighted by Gasteiger charge is -2.20. The lowest BCUT2D eigenvalue weighted by atomic mass is 10.2. The summed E-state index contributed by atoms with van der Waals surface area (Å²) in [4.78, 5) is 8.77. The summed E-state index contributed by atoms with van der Waals surface area (Å²) in [5.41, 5.74) is 4.08. The number of anilines is 1. The minimum absolute atomic E-state index is 0.258. The van der Waals surface area contributed by atoms with Gasteiger partial charge in [-0.25, -0.2) is 19.8 Å².